The molecule has 0 amide bonds. The molecular weight excluding hydrogens is 696 g/mol. The number of aromatic amines is 2. The predicted molar refractivity (Wildman–Crippen MR) is 194 cm³/mol. The molecule has 0 spiro atoms. The topological polar surface area (TPSA) is 178 Å². The molecule has 2 heterocycles. The van der Waals surface area contributed by atoms with Crippen molar-refractivity contribution in [3.05, 3.63) is 119 Å². The van der Waals surface area contributed by atoms with Crippen LogP contribution in [-0.4, -0.2) is 42.1 Å². The minimum Gasteiger partial charge on any atom is -0.872 e. The van der Waals surface area contributed by atoms with Crippen molar-refractivity contribution in [2.75, 3.05) is 0 Å². The maximum Gasteiger partial charge on any atom is 2.00 e. The number of benzene rings is 4. The summed E-state index contributed by atoms with van der Waals surface area (Å²) in [6, 6.07) is 22.5. The fraction of sp³-hybridized carbons (Fsp3) is 0.300. The number of nitrogens with one attached hydrogen (secondary N) is 2. The Labute approximate surface area is 309 Å². The van der Waals surface area contributed by atoms with Crippen LogP contribution in [0.4, 0.5) is 0 Å². The largest absolute Gasteiger partial charge is 2.00 e. The summed E-state index contributed by atoms with van der Waals surface area (Å²) >= 11 is 0. The summed E-state index contributed by atoms with van der Waals surface area (Å²) < 4.78 is 0. The van der Waals surface area contributed by atoms with Gasteiger partial charge in [-0.2, -0.15) is 0 Å². The third-order valence-corrected chi connectivity index (χ3v) is 7.97. The van der Waals surface area contributed by atoms with E-state index in [2.05, 4.69) is 19.9 Å². The van der Waals surface area contributed by atoms with E-state index in [1.165, 1.54) is 12.1 Å². The molecule has 0 unspecified atom stereocenters. The average Bonchev–Trinajstić information content (AvgIpc) is 3.75. The van der Waals surface area contributed by atoms with Gasteiger partial charge in [0.25, 0.3) is 0 Å². The average molecular weight is 742 g/mol. The maximum atomic E-state index is 11.8. The number of hydrogen-bond acceptors (Lipinski definition) is 6. The molecule has 273 valence electrons. The molecule has 1 radical (unpaired) electrons. The Balaban J connectivity index is 0.000000241. The molecule has 0 aliphatic carbocycles. The van der Waals surface area contributed by atoms with Crippen molar-refractivity contribution in [2.45, 2.75) is 79.1 Å². The SMILES string of the molecule is CC(C)c1cc(C(=O)O)c([O-])c(C(C)C)c1.CC(C)c1cc(C(=O)O)c([O-])c(C(C)C)c1.[Cu+2].c1ccc2[nH]cnc2c1.c1ccc2[nH]cnc2c1. The van der Waals surface area contributed by atoms with Crippen LogP contribution in [0.2, 0.25) is 0 Å². The summed E-state index contributed by atoms with van der Waals surface area (Å²) in [4.78, 5) is 36.1. The van der Waals surface area contributed by atoms with Gasteiger partial charge < -0.3 is 30.4 Å². The van der Waals surface area contributed by atoms with Gasteiger partial charge in [-0.3, -0.25) is 0 Å². The van der Waals surface area contributed by atoms with Crippen LogP contribution in [-0.2, 0) is 17.1 Å². The molecular formula is C40H46CuN4O6. The fourth-order valence-electron chi connectivity index (χ4n) is 4.95. The van der Waals surface area contributed by atoms with Crippen molar-refractivity contribution in [1.82, 2.24) is 19.9 Å². The number of carboxylic acid groups (broad SMARTS) is 2. The van der Waals surface area contributed by atoms with Gasteiger partial charge in [-0.25, -0.2) is 19.6 Å². The molecule has 51 heavy (non-hydrogen) atoms. The zero-order valence-corrected chi connectivity index (χ0v) is 31.1. The summed E-state index contributed by atoms with van der Waals surface area (Å²) in [6.45, 7) is 15.5. The molecule has 6 aromatic rings. The van der Waals surface area contributed by atoms with E-state index in [0.29, 0.717) is 11.1 Å². The number of fused-ring (bicyclic) bond motifs is 2. The van der Waals surface area contributed by atoms with E-state index < -0.39 is 11.9 Å². The van der Waals surface area contributed by atoms with Gasteiger partial charge in [-0.15, -0.1) is 0 Å². The number of hydrogen-bond donors (Lipinski definition) is 4. The van der Waals surface area contributed by atoms with Gasteiger partial charge in [0.1, 0.15) is 0 Å². The molecule has 11 heteroatoms. The summed E-state index contributed by atoms with van der Waals surface area (Å²) in [6.07, 6.45) is 3.40. The Morgan fingerprint density at radius 1 is 0.569 bits per heavy atom. The maximum absolute atomic E-state index is 11.8. The first kappa shape index (κ1) is 42.0. The molecule has 0 saturated heterocycles. The second-order valence-electron chi connectivity index (χ2n) is 13.0. The van der Waals surface area contributed by atoms with Gasteiger partial charge >= 0.3 is 29.0 Å². The van der Waals surface area contributed by atoms with Gasteiger partial charge in [0.2, 0.25) is 0 Å². The molecule has 2 aromatic heterocycles. The van der Waals surface area contributed by atoms with E-state index in [1.54, 1.807) is 12.7 Å². The van der Waals surface area contributed by atoms with Crippen molar-refractivity contribution in [3.63, 3.8) is 0 Å². The van der Waals surface area contributed by atoms with Crippen LogP contribution in [0.1, 0.15) is 122 Å². The van der Waals surface area contributed by atoms with Crippen LogP contribution in [0.3, 0.4) is 0 Å². The Morgan fingerprint density at radius 2 is 0.902 bits per heavy atom. The number of carbonyl (C=O) groups is 2. The van der Waals surface area contributed by atoms with Crippen LogP contribution < -0.4 is 10.2 Å². The predicted octanol–water partition coefficient (Wildman–Crippen LogP) is 8.53. The molecule has 0 bridgehead atoms. The second-order valence-corrected chi connectivity index (χ2v) is 13.0. The van der Waals surface area contributed by atoms with Gasteiger partial charge in [-0.1, -0.05) is 114 Å². The Bertz CT molecular complexity index is 1830. The number of imidazole rings is 2. The first-order valence-electron chi connectivity index (χ1n) is 16.5. The van der Waals surface area contributed by atoms with E-state index in [4.69, 9.17) is 10.2 Å². The number of aromatic nitrogens is 4. The third kappa shape index (κ3) is 11.5. The van der Waals surface area contributed by atoms with Crippen LogP contribution in [0.5, 0.6) is 11.5 Å². The first-order chi connectivity index (χ1) is 23.6. The smallest absolute Gasteiger partial charge is 0.872 e. The molecule has 4 N–H and O–H groups in total. The minimum absolute atomic E-state index is 0. The number of nitrogens with zero attached hydrogens (tertiary/aromatic N) is 2. The molecule has 0 saturated carbocycles. The summed E-state index contributed by atoms with van der Waals surface area (Å²) in [5, 5.41) is 41.6. The summed E-state index contributed by atoms with van der Waals surface area (Å²) in [5.74, 6) is -2.47. The quantitative estimate of drug-likeness (QED) is 0.123. The molecule has 4 aromatic carbocycles. The van der Waals surface area contributed by atoms with E-state index in [-0.39, 0.29) is 63.4 Å². The number of aromatic carboxylic acids is 2. The van der Waals surface area contributed by atoms with E-state index >= 15 is 0 Å². The Morgan fingerprint density at radius 3 is 1.18 bits per heavy atom. The van der Waals surface area contributed by atoms with Crippen molar-refractivity contribution in [3.8, 4) is 11.5 Å². The van der Waals surface area contributed by atoms with Crippen LogP contribution in [0.25, 0.3) is 22.1 Å². The number of H-pyrrole nitrogens is 2. The molecule has 0 aliphatic rings. The molecule has 6 rings (SSSR count). The van der Waals surface area contributed by atoms with Crippen molar-refractivity contribution in [2.24, 2.45) is 0 Å². The molecule has 0 fully saturated rings. The number of para-hydroxylation sites is 4. The van der Waals surface area contributed by atoms with Crippen molar-refractivity contribution in [1.29, 1.82) is 0 Å². The summed E-state index contributed by atoms with van der Waals surface area (Å²) in [5.41, 5.74) is 6.99. The standard InChI is InChI=1S/2C13H18O3.2C7H6N2.Cu/c2*1-7(2)9-5-10(8(3)4)12(14)11(6-9)13(15)16;2*1-2-4-7-6(3-1)8-5-9-7;/h2*5-8,14H,1-4H3,(H,15,16);2*1-5H,(H,8,9);/q;;;;+2/p-2. The Kier molecular flexibility index (Phi) is 15.9. The zero-order chi connectivity index (χ0) is 37.1. The molecule has 0 atom stereocenters. The van der Waals surface area contributed by atoms with Crippen LogP contribution >= 0.6 is 0 Å². The van der Waals surface area contributed by atoms with Crippen LogP contribution in [0, 0.1) is 0 Å². The van der Waals surface area contributed by atoms with Gasteiger partial charge in [0, 0.05) is 0 Å². The number of carboxylic acids is 2. The van der Waals surface area contributed by atoms with Crippen molar-refractivity contribution >= 4 is 34.0 Å². The third-order valence-electron chi connectivity index (χ3n) is 7.97. The van der Waals surface area contributed by atoms with Gasteiger partial charge in [0.15, 0.2) is 0 Å². The fourth-order valence-corrected chi connectivity index (χ4v) is 4.95. The monoisotopic (exact) mass is 741 g/mol. The normalized spacial score (nSPS) is 10.6. The number of rotatable bonds is 6. The van der Waals surface area contributed by atoms with Gasteiger partial charge in [-0.05, 0) is 71.2 Å². The molecule has 0 aliphatic heterocycles. The molecule has 10 nitrogen and oxygen atoms in total. The Hall–Kier alpha value is -5.12. The van der Waals surface area contributed by atoms with E-state index in [1.807, 2.05) is 116 Å². The van der Waals surface area contributed by atoms with Crippen LogP contribution in [0.15, 0.2) is 85.5 Å². The second kappa shape index (κ2) is 19.3. The summed E-state index contributed by atoms with van der Waals surface area (Å²) in [7, 11) is 0. The van der Waals surface area contributed by atoms with E-state index in [9.17, 15) is 19.8 Å². The minimum atomic E-state index is -1.14. The van der Waals surface area contributed by atoms with Crippen molar-refractivity contribution < 1.29 is 47.1 Å². The van der Waals surface area contributed by atoms with E-state index in [0.717, 1.165) is 33.2 Å². The zero-order valence-electron chi connectivity index (χ0n) is 30.1. The first-order valence-corrected chi connectivity index (χ1v) is 16.5. The van der Waals surface area contributed by atoms with Gasteiger partial charge in [0.05, 0.1) is 45.8 Å².